The number of nitrogens with one attached hydrogen (secondary N) is 2. The Labute approximate surface area is 148 Å². The van der Waals surface area contributed by atoms with Gasteiger partial charge in [0.15, 0.2) is 16.6 Å². The first-order valence-corrected chi connectivity index (χ1v) is 7.71. The smallest absolute Gasteiger partial charge is 0.336 e. The van der Waals surface area contributed by atoms with Crippen LogP contribution in [-0.4, -0.2) is 28.9 Å². The molecular weight excluding hydrogens is 344 g/mol. The third-order valence-corrected chi connectivity index (χ3v) is 3.88. The van der Waals surface area contributed by atoms with E-state index in [1.165, 1.54) is 6.07 Å². The Morgan fingerprint density at radius 2 is 1.92 bits per heavy atom. The first kappa shape index (κ1) is 16.7. The topological polar surface area (TPSA) is 96.9 Å². The molecule has 25 heavy (non-hydrogen) atoms. The normalized spacial score (nSPS) is 11.7. The van der Waals surface area contributed by atoms with E-state index in [4.69, 9.17) is 26.8 Å². The van der Waals surface area contributed by atoms with Crippen molar-refractivity contribution in [1.82, 2.24) is 5.32 Å². The molecule has 0 saturated heterocycles. The number of carboxylic acids is 1. The van der Waals surface area contributed by atoms with Gasteiger partial charge in [0, 0.05) is 11.3 Å². The minimum atomic E-state index is -1.03. The van der Waals surface area contributed by atoms with Gasteiger partial charge in [-0.15, -0.1) is 0 Å². The van der Waals surface area contributed by atoms with E-state index in [0.717, 1.165) is 0 Å². The zero-order valence-corrected chi connectivity index (χ0v) is 14.0. The van der Waals surface area contributed by atoms with Crippen LogP contribution in [-0.2, 0) is 0 Å². The van der Waals surface area contributed by atoms with Crippen LogP contribution < -0.4 is 20.1 Å². The lowest BCUT2D eigenvalue weighted by Gasteiger charge is -2.13. The fourth-order valence-corrected chi connectivity index (χ4v) is 2.57. The monoisotopic (exact) mass is 358 g/mol. The lowest BCUT2D eigenvalue weighted by molar-refractivity contribution is 0.0696. The van der Waals surface area contributed by atoms with Crippen molar-refractivity contribution in [1.29, 1.82) is 0 Å². The molecule has 0 fully saturated rings. The SMILES string of the molecule is Cc1c(NC(=S)NC(=O)c2ccc3c(c2)OCO3)cccc1C(=O)O. The number of anilines is 1. The van der Waals surface area contributed by atoms with E-state index in [-0.39, 0.29) is 17.5 Å². The molecule has 1 aliphatic rings. The van der Waals surface area contributed by atoms with Gasteiger partial charge in [-0.2, -0.15) is 0 Å². The van der Waals surface area contributed by atoms with Gasteiger partial charge in [0.25, 0.3) is 5.91 Å². The van der Waals surface area contributed by atoms with Gasteiger partial charge in [-0.3, -0.25) is 10.1 Å². The second kappa shape index (κ2) is 6.78. The standard InChI is InChI=1S/C17H14N2O5S/c1-9-11(16(21)22)3-2-4-12(9)18-17(25)19-15(20)10-5-6-13-14(7-10)24-8-23-13/h2-7H,8H2,1H3,(H,21,22)(H2,18,19,20,25). The molecule has 0 saturated carbocycles. The molecule has 8 heteroatoms. The van der Waals surface area contributed by atoms with E-state index in [0.29, 0.717) is 28.3 Å². The lowest BCUT2D eigenvalue weighted by atomic mass is 10.1. The molecule has 2 aromatic carbocycles. The summed E-state index contributed by atoms with van der Waals surface area (Å²) in [5.41, 5.74) is 1.56. The fraction of sp³-hybridized carbons (Fsp3) is 0.118. The highest BCUT2D eigenvalue weighted by molar-refractivity contribution is 7.80. The molecule has 3 rings (SSSR count). The van der Waals surface area contributed by atoms with E-state index in [1.807, 2.05) is 0 Å². The Kier molecular flexibility index (Phi) is 4.53. The molecule has 0 radical (unpaired) electrons. The predicted molar refractivity (Wildman–Crippen MR) is 94.4 cm³/mol. The fourth-order valence-electron chi connectivity index (χ4n) is 2.37. The Hall–Kier alpha value is -3.13. The van der Waals surface area contributed by atoms with Crippen LogP contribution >= 0.6 is 12.2 Å². The summed E-state index contributed by atoms with van der Waals surface area (Å²) < 4.78 is 10.4. The van der Waals surface area contributed by atoms with E-state index in [2.05, 4.69) is 10.6 Å². The summed E-state index contributed by atoms with van der Waals surface area (Å²) in [4.78, 5) is 23.4. The number of thiocarbonyl (C=S) groups is 1. The average molecular weight is 358 g/mol. The number of hydrogen-bond acceptors (Lipinski definition) is 5. The van der Waals surface area contributed by atoms with Crippen molar-refractivity contribution in [3.8, 4) is 11.5 Å². The van der Waals surface area contributed by atoms with Crippen molar-refractivity contribution in [2.45, 2.75) is 6.92 Å². The number of fused-ring (bicyclic) bond motifs is 1. The van der Waals surface area contributed by atoms with Gasteiger partial charge in [-0.1, -0.05) is 6.07 Å². The summed E-state index contributed by atoms with van der Waals surface area (Å²) in [6, 6.07) is 9.59. The maximum atomic E-state index is 12.3. The summed E-state index contributed by atoms with van der Waals surface area (Å²) in [6.07, 6.45) is 0. The Bertz CT molecular complexity index is 881. The van der Waals surface area contributed by atoms with Crippen LogP contribution in [0, 0.1) is 6.92 Å². The number of carbonyl (C=O) groups is 2. The van der Waals surface area contributed by atoms with Gasteiger partial charge in [-0.05, 0) is 55.0 Å². The van der Waals surface area contributed by atoms with Crippen LogP contribution in [0.2, 0.25) is 0 Å². The van der Waals surface area contributed by atoms with Gasteiger partial charge >= 0.3 is 5.97 Å². The number of amides is 1. The zero-order chi connectivity index (χ0) is 18.0. The zero-order valence-electron chi connectivity index (χ0n) is 13.2. The molecule has 0 unspecified atom stereocenters. The summed E-state index contributed by atoms with van der Waals surface area (Å²) in [7, 11) is 0. The van der Waals surface area contributed by atoms with E-state index >= 15 is 0 Å². The first-order chi connectivity index (χ1) is 12.0. The number of ether oxygens (including phenoxy) is 2. The highest BCUT2D eigenvalue weighted by Gasteiger charge is 2.17. The largest absolute Gasteiger partial charge is 0.478 e. The van der Waals surface area contributed by atoms with Crippen LogP contribution in [0.5, 0.6) is 11.5 Å². The number of hydrogen-bond donors (Lipinski definition) is 3. The first-order valence-electron chi connectivity index (χ1n) is 7.30. The van der Waals surface area contributed by atoms with Crippen LogP contribution in [0.3, 0.4) is 0 Å². The third-order valence-electron chi connectivity index (χ3n) is 3.67. The molecule has 0 aromatic heterocycles. The highest BCUT2D eigenvalue weighted by Crippen LogP contribution is 2.32. The summed E-state index contributed by atoms with van der Waals surface area (Å²) in [5, 5.41) is 14.6. The van der Waals surface area contributed by atoms with Gasteiger partial charge < -0.3 is 19.9 Å². The molecule has 7 nitrogen and oxygen atoms in total. The predicted octanol–water partition coefficient (Wildman–Crippen LogP) is 2.55. The quantitative estimate of drug-likeness (QED) is 0.726. The molecule has 0 bridgehead atoms. The van der Waals surface area contributed by atoms with Crippen LogP contribution in [0.15, 0.2) is 36.4 Å². The van der Waals surface area contributed by atoms with Crippen LogP contribution in [0.25, 0.3) is 0 Å². The minimum Gasteiger partial charge on any atom is -0.478 e. The molecule has 3 N–H and O–H groups in total. The highest BCUT2D eigenvalue weighted by atomic mass is 32.1. The Morgan fingerprint density at radius 3 is 2.68 bits per heavy atom. The van der Waals surface area contributed by atoms with E-state index in [9.17, 15) is 9.59 Å². The second-order valence-corrected chi connectivity index (χ2v) is 5.67. The Balaban J connectivity index is 1.70. The molecule has 1 heterocycles. The summed E-state index contributed by atoms with van der Waals surface area (Å²) in [5.74, 6) is -0.366. The van der Waals surface area contributed by atoms with Crippen molar-refractivity contribution < 1.29 is 24.2 Å². The number of rotatable bonds is 3. The maximum absolute atomic E-state index is 12.3. The maximum Gasteiger partial charge on any atom is 0.336 e. The van der Waals surface area contributed by atoms with Gasteiger partial charge in [-0.25, -0.2) is 4.79 Å². The molecule has 0 spiro atoms. The van der Waals surface area contributed by atoms with E-state index < -0.39 is 11.9 Å². The number of benzene rings is 2. The minimum absolute atomic E-state index is 0.0632. The van der Waals surface area contributed by atoms with Gasteiger partial charge in [0.1, 0.15) is 0 Å². The van der Waals surface area contributed by atoms with E-state index in [1.54, 1.807) is 37.3 Å². The molecule has 1 amide bonds. The van der Waals surface area contributed by atoms with Crippen molar-refractivity contribution in [2.24, 2.45) is 0 Å². The molecule has 0 aliphatic carbocycles. The molecule has 0 atom stereocenters. The molecular formula is C17H14N2O5S. The third kappa shape index (κ3) is 3.53. The van der Waals surface area contributed by atoms with Crippen molar-refractivity contribution in [2.75, 3.05) is 12.1 Å². The van der Waals surface area contributed by atoms with Crippen molar-refractivity contribution in [3.05, 3.63) is 53.1 Å². The van der Waals surface area contributed by atoms with Crippen molar-refractivity contribution in [3.63, 3.8) is 0 Å². The van der Waals surface area contributed by atoms with Gasteiger partial charge in [0.05, 0.1) is 5.56 Å². The number of carbonyl (C=O) groups excluding carboxylic acids is 1. The molecule has 2 aromatic rings. The summed E-state index contributed by atoms with van der Waals surface area (Å²) in [6.45, 7) is 1.79. The van der Waals surface area contributed by atoms with Crippen LogP contribution in [0.4, 0.5) is 5.69 Å². The number of carboxylic acid groups (broad SMARTS) is 1. The lowest BCUT2D eigenvalue weighted by Crippen LogP contribution is -2.34. The second-order valence-electron chi connectivity index (χ2n) is 5.26. The Morgan fingerprint density at radius 1 is 1.16 bits per heavy atom. The summed E-state index contributed by atoms with van der Waals surface area (Å²) >= 11 is 5.13. The van der Waals surface area contributed by atoms with Gasteiger partial charge in [0.2, 0.25) is 6.79 Å². The van der Waals surface area contributed by atoms with Crippen LogP contribution in [0.1, 0.15) is 26.3 Å². The van der Waals surface area contributed by atoms with Crippen molar-refractivity contribution >= 4 is 34.9 Å². The molecule has 1 aliphatic heterocycles. The number of aromatic carboxylic acids is 1. The average Bonchev–Trinajstić information content (AvgIpc) is 3.04. The molecule has 128 valence electrons.